The lowest BCUT2D eigenvalue weighted by atomic mass is 10.2. The molecule has 3 rings (SSSR count). The molecule has 1 N–H and O–H groups in total. The van der Waals surface area contributed by atoms with Gasteiger partial charge in [0, 0.05) is 44.5 Å². The molecule has 0 bridgehead atoms. The molecule has 0 aromatic heterocycles. The molecular formula is C19H22FN3O3S. The molecule has 1 fully saturated rings. The highest BCUT2D eigenvalue weighted by Crippen LogP contribution is 2.26. The zero-order valence-electron chi connectivity index (χ0n) is 15.3. The van der Waals surface area contributed by atoms with Gasteiger partial charge in [-0.25, -0.2) is 12.8 Å². The Balaban J connectivity index is 1.77. The van der Waals surface area contributed by atoms with E-state index in [2.05, 4.69) is 5.32 Å². The fourth-order valence-electron chi connectivity index (χ4n) is 3.14. The molecular weight excluding hydrogens is 369 g/mol. The number of carbonyl (C=O) groups excluding carboxylic acids is 1. The van der Waals surface area contributed by atoms with Crippen molar-refractivity contribution in [1.82, 2.24) is 4.31 Å². The first-order valence-electron chi connectivity index (χ1n) is 8.66. The summed E-state index contributed by atoms with van der Waals surface area (Å²) in [6, 6.07) is 11.1. The van der Waals surface area contributed by atoms with Crippen LogP contribution < -0.4 is 10.2 Å². The van der Waals surface area contributed by atoms with Gasteiger partial charge in [-0.15, -0.1) is 0 Å². The van der Waals surface area contributed by atoms with E-state index in [1.807, 2.05) is 4.90 Å². The standard InChI is InChI=1S/C19H22FN3O3S/c1-14-3-6-17(21-15(2)24)13-19(14)27(25,26)23-11-9-22(10-12-23)18-7-4-16(20)5-8-18/h3-8,13H,9-12H2,1-2H3,(H,21,24). The first kappa shape index (κ1) is 19.3. The monoisotopic (exact) mass is 391 g/mol. The molecule has 0 unspecified atom stereocenters. The number of rotatable bonds is 4. The zero-order chi connectivity index (χ0) is 19.6. The molecule has 1 aliphatic heterocycles. The lowest BCUT2D eigenvalue weighted by Crippen LogP contribution is -2.48. The third-order valence-corrected chi connectivity index (χ3v) is 6.60. The van der Waals surface area contributed by atoms with Gasteiger partial charge in [0.15, 0.2) is 0 Å². The van der Waals surface area contributed by atoms with Crippen LogP contribution in [0.25, 0.3) is 0 Å². The summed E-state index contributed by atoms with van der Waals surface area (Å²) in [6.45, 7) is 4.83. The van der Waals surface area contributed by atoms with E-state index in [1.165, 1.54) is 29.4 Å². The van der Waals surface area contributed by atoms with Crippen LogP contribution in [0.15, 0.2) is 47.4 Å². The van der Waals surface area contributed by atoms with Crippen molar-refractivity contribution in [3.63, 3.8) is 0 Å². The number of amides is 1. The Morgan fingerprint density at radius 1 is 1.04 bits per heavy atom. The molecule has 0 atom stereocenters. The van der Waals surface area contributed by atoms with Gasteiger partial charge in [-0.2, -0.15) is 4.31 Å². The van der Waals surface area contributed by atoms with E-state index >= 15 is 0 Å². The second-order valence-electron chi connectivity index (χ2n) is 6.53. The van der Waals surface area contributed by atoms with E-state index in [9.17, 15) is 17.6 Å². The molecule has 2 aromatic carbocycles. The van der Waals surface area contributed by atoms with Crippen LogP contribution in [0.2, 0.25) is 0 Å². The van der Waals surface area contributed by atoms with Crippen LogP contribution in [0.3, 0.4) is 0 Å². The third-order valence-electron chi connectivity index (χ3n) is 4.56. The summed E-state index contributed by atoms with van der Waals surface area (Å²) in [7, 11) is -3.67. The largest absolute Gasteiger partial charge is 0.369 e. The van der Waals surface area contributed by atoms with Crippen molar-refractivity contribution in [3.05, 3.63) is 53.8 Å². The van der Waals surface area contributed by atoms with Gasteiger partial charge in [0.05, 0.1) is 4.90 Å². The van der Waals surface area contributed by atoms with Crippen molar-refractivity contribution >= 4 is 27.3 Å². The quantitative estimate of drug-likeness (QED) is 0.870. The van der Waals surface area contributed by atoms with E-state index in [0.29, 0.717) is 37.4 Å². The van der Waals surface area contributed by atoms with Crippen molar-refractivity contribution < 1.29 is 17.6 Å². The Hall–Kier alpha value is -2.45. The van der Waals surface area contributed by atoms with Gasteiger partial charge in [-0.05, 0) is 48.9 Å². The number of hydrogen-bond donors (Lipinski definition) is 1. The summed E-state index contributed by atoms with van der Waals surface area (Å²) in [5.74, 6) is -0.551. The maximum Gasteiger partial charge on any atom is 0.243 e. The van der Waals surface area contributed by atoms with Gasteiger partial charge >= 0.3 is 0 Å². The second-order valence-corrected chi connectivity index (χ2v) is 8.44. The molecule has 1 aliphatic rings. The van der Waals surface area contributed by atoms with Crippen LogP contribution in [-0.4, -0.2) is 44.8 Å². The third kappa shape index (κ3) is 4.28. The fourth-order valence-corrected chi connectivity index (χ4v) is 4.81. The summed E-state index contributed by atoms with van der Waals surface area (Å²) in [6.07, 6.45) is 0. The van der Waals surface area contributed by atoms with Crippen LogP contribution in [0.1, 0.15) is 12.5 Å². The van der Waals surface area contributed by atoms with Crippen molar-refractivity contribution in [3.8, 4) is 0 Å². The number of piperazine rings is 1. The van der Waals surface area contributed by atoms with E-state index < -0.39 is 10.0 Å². The van der Waals surface area contributed by atoms with E-state index in [-0.39, 0.29) is 16.6 Å². The lowest BCUT2D eigenvalue weighted by Gasteiger charge is -2.35. The highest BCUT2D eigenvalue weighted by Gasteiger charge is 2.30. The number of aryl methyl sites for hydroxylation is 1. The van der Waals surface area contributed by atoms with Gasteiger partial charge in [-0.1, -0.05) is 6.07 Å². The average molecular weight is 391 g/mol. The van der Waals surface area contributed by atoms with Gasteiger partial charge in [0.25, 0.3) is 0 Å². The van der Waals surface area contributed by atoms with E-state index in [4.69, 9.17) is 0 Å². The SMILES string of the molecule is CC(=O)Nc1ccc(C)c(S(=O)(=O)N2CCN(c3ccc(F)cc3)CC2)c1. The predicted molar refractivity (Wildman–Crippen MR) is 103 cm³/mol. The Bertz CT molecular complexity index is 937. The van der Waals surface area contributed by atoms with Gasteiger partial charge in [0.2, 0.25) is 15.9 Å². The highest BCUT2D eigenvalue weighted by atomic mass is 32.2. The number of carbonyl (C=O) groups is 1. The lowest BCUT2D eigenvalue weighted by molar-refractivity contribution is -0.114. The Kier molecular flexibility index (Phi) is 5.48. The van der Waals surface area contributed by atoms with Crippen LogP contribution in [-0.2, 0) is 14.8 Å². The zero-order valence-corrected chi connectivity index (χ0v) is 16.1. The first-order valence-corrected chi connectivity index (χ1v) is 10.1. The summed E-state index contributed by atoms with van der Waals surface area (Å²) in [5.41, 5.74) is 1.96. The number of halogens is 1. The summed E-state index contributed by atoms with van der Waals surface area (Å²) in [5, 5.41) is 2.62. The van der Waals surface area contributed by atoms with Crippen molar-refractivity contribution in [2.75, 3.05) is 36.4 Å². The molecule has 144 valence electrons. The first-order chi connectivity index (χ1) is 12.8. The molecule has 0 radical (unpaired) electrons. The van der Waals surface area contributed by atoms with Crippen LogP contribution in [0.5, 0.6) is 0 Å². The minimum Gasteiger partial charge on any atom is -0.369 e. The molecule has 1 amide bonds. The maximum absolute atomic E-state index is 13.1. The van der Waals surface area contributed by atoms with Crippen LogP contribution in [0.4, 0.5) is 15.8 Å². The van der Waals surface area contributed by atoms with Crippen molar-refractivity contribution in [2.45, 2.75) is 18.7 Å². The molecule has 6 nitrogen and oxygen atoms in total. The molecule has 1 saturated heterocycles. The summed E-state index contributed by atoms with van der Waals surface area (Å²) < 4.78 is 40.7. The summed E-state index contributed by atoms with van der Waals surface area (Å²) >= 11 is 0. The van der Waals surface area contributed by atoms with Gasteiger partial charge in [0.1, 0.15) is 5.82 Å². The second kappa shape index (κ2) is 7.66. The minimum absolute atomic E-state index is 0.198. The summed E-state index contributed by atoms with van der Waals surface area (Å²) in [4.78, 5) is 13.5. The molecule has 0 aliphatic carbocycles. The fraction of sp³-hybridized carbons (Fsp3) is 0.316. The number of anilines is 2. The molecule has 0 saturated carbocycles. The molecule has 1 heterocycles. The minimum atomic E-state index is -3.67. The number of benzene rings is 2. The Morgan fingerprint density at radius 2 is 1.67 bits per heavy atom. The van der Waals surface area contributed by atoms with Crippen LogP contribution in [0, 0.1) is 12.7 Å². The average Bonchev–Trinajstić information content (AvgIpc) is 2.63. The number of hydrogen-bond acceptors (Lipinski definition) is 4. The Morgan fingerprint density at radius 3 is 2.26 bits per heavy atom. The van der Waals surface area contributed by atoms with Crippen LogP contribution >= 0.6 is 0 Å². The molecule has 27 heavy (non-hydrogen) atoms. The van der Waals surface area contributed by atoms with Gasteiger partial charge in [-0.3, -0.25) is 4.79 Å². The highest BCUT2D eigenvalue weighted by molar-refractivity contribution is 7.89. The van der Waals surface area contributed by atoms with E-state index in [0.717, 1.165) is 5.69 Å². The number of nitrogens with zero attached hydrogens (tertiary/aromatic N) is 2. The number of sulfonamides is 1. The van der Waals surface area contributed by atoms with Crippen molar-refractivity contribution in [2.24, 2.45) is 0 Å². The van der Waals surface area contributed by atoms with Gasteiger partial charge < -0.3 is 10.2 Å². The molecule has 0 spiro atoms. The Labute approximate surface area is 158 Å². The maximum atomic E-state index is 13.1. The molecule has 8 heteroatoms. The normalized spacial score (nSPS) is 15.6. The predicted octanol–water partition coefficient (Wildman–Crippen LogP) is 2.60. The van der Waals surface area contributed by atoms with Crippen molar-refractivity contribution in [1.29, 1.82) is 0 Å². The molecule has 2 aromatic rings. The van der Waals surface area contributed by atoms with E-state index in [1.54, 1.807) is 31.2 Å². The topological polar surface area (TPSA) is 69.7 Å². The smallest absolute Gasteiger partial charge is 0.243 e. The number of nitrogens with one attached hydrogen (secondary N) is 1.